The molecule has 0 amide bonds. The molecule has 0 spiro atoms. The molecule has 1 aliphatic rings. The maximum atomic E-state index is 5.83. The van der Waals surface area contributed by atoms with Crippen LogP contribution in [0.4, 0.5) is 0 Å². The Balaban J connectivity index is 1.65. The largest absolute Gasteiger partial charge is 0.381 e. The Morgan fingerprint density at radius 3 is 1.62 bits per heavy atom. The molecule has 0 aromatic carbocycles. The van der Waals surface area contributed by atoms with Crippen LogP contribution in [-0.4, -0.2) is 13.2 Å². The van der Waals surface area contributed by atoms with E-state index >= 15 is 0 Å². The third-order valence-electron chi connectivity index (χ3n) is 5.87. The predicted octanol–water partition coefficient (Wildman–Crippen LogP) is 8.54. The topological polar surface area (TPSA) is 9.23 Å². The molecule has 1 fully saturated rings. The van der Waals surface area contributed by atoms with Crippen molar-refractivity contribution in [1.82, 2.24) is 0 Å². The lowest BCUT2D eigenvalue weighted by atomic mass is 9.90. The van der Waals surface area contributed by atoms with Gasteiger partial charge in [-0.3, -0.25) is 0 Å². The number of ether oxygens (including phenoxy) is 1. The highest BCUT2D eigenvalue weighted by atomic mass is 16.5. The first kappa shape index (κ1) is 24.0. The van der Waals surface area contributed by atoms with Crippen molar-refractivity contribution >= 4 is 0 Å². The Hall–Kier alpha value is -0.0400. The van der Waals surface area contributed by atoms with E-state index in [9.17, 15) is 0 Å². The van der Waals surface area contributed by atoms with Crippen LogP contribution >= 0.6 is 0 Å². The molecule has 1 rings (SSSR count). The molecule has 0 bridgehead atoms. The summed E-state index contributed by atoms with van der Waals surface area (Å²) in [6, 6.07) is 0. The number of hydrogen-bond donors (Lipinski definition) is 0. The van der Waals surface area contributed by atoms with Gasteiger partial charge in [0.15, 0.2) is 0 Å². The fourth-order valence-corrected chi connectivity index (χ4v) is 4.04. The molecular formula is C25H48O. The zero-order valence-corrected chi connectivity index (χ0v) is 18.0. The molecule has 0 saturated heterocycles. The molecule has 1 nitrogen and oxygen atoms in total. The maximum Gasteiger partial charge on any atom is 0.0500 e. The predicted molar refractivity (Wildman–Crippen MR) is 116 cm³/mol. The van der Waals surface area contributed by atoms with Gasteiger partial charge < -0.3 is 4.74 Å². The monoisotopic (exact) mass is 364 g/mol. The Morgan fingerprint density at radius 1 is 0.654 bits per heavy atom. The van der Waals surface area contributed by atoms with Crippen LogP contribution in [0.1, 0.15) is 135 Å². The summed E-state index contributed by atoms with van der Waals surface area (Å²) in [7, 11) is 0. The highest BCUT2D eigenvalue weighted by Crippen LogP contribution is 2.22. The first-order valence-corrected chi connectivity index (χ1v) is 12.2. The Bertz CT molecular complexity index is 257. The van der Waals surface area contributed by atoms with Gasteiger partial charge in [0, 0.05) is 13.2 Å². The molecule has 0 aliphatic heterocycles. The lowest BCUT2D eigenvalue weighted by molar-refractivity contribution is 0.0968. The second kappa shape index (κ2) is 19.7. The summed E-state index contributed by atoms with van der Waals surface area (Å²) in [5.41, 5.74) is 0. The molecule has 1 unspecified atom stereocenters. The Kier molecular flexibility index (Phi) is 18.2. The third-order valence-corrected chi connectivity index (χ3v) is 5.87. The quantitative estimate of drug-likeness (QED) is 0.209. The van der Waals surface area contributed by atoms with Gasteiger partial charge in [-0.15, -0.1) is 0 Å². The van der Waals surface area contributed by atoms with E-state index in [2.05, 4.69) is 13.3 Å². The lowest BCUT2D eigenvalue weighted by Gasteiger charge is -2.20. The molecule has 2 radical (unpaired) electrons. The highest BCUT2D eigenvalue weighted by molar-refractivity contribution is 4.80. The molecule has 0 aromatic heterocycles. The van der Waals surface area contributed by atoms with E-state index in [0.29, 0.717) is 5.92 Å². The maximum absolute atomic E-state index is 5.83. The van der Waals surface area contributed by atoms with Crippen molar-refractivity contribution in [3.05, 3.63) is 6.42 Å². The van der Waals surface area contributed by atoms with Crippen LogP contribution < -0.4 is 0 Å². The van der Waals surface area contributed by atoms with Crippen LogP contribution in [0.2, 0.25) is 0 Å². The third kappa shape index (κ3) is 16.2. The average molecular weight is 365 g/mol. The van der Waals surface area contributed by atoms with Crippen LogP contribution in [0.15, 0.2) is 0 Å². The highest BCUT2D eigenvalue weighted by Gasteiger charge is 2.13. The first-order chi connectivity index (χ1) is 12.9. The molecule has 0 N–H and O–H groups in total. The van der Waals surface area contributed by atoms with Gasteiger partial charge in [-0.1, -0.05) is 116 Å². The Morgan fingerprint density at radius 2 is 1.15 bits per heavy atom. The molecule has 0 aromatic rings. The van der Waals surface area contributed by atoms with Crippen LogP contribution in [0.25, 0.3) is 0 Å². The minimum atomic E-state index is 0.629. The van der Waals surface area contributed by atoms with Crippen LogP contribution in [0, 0.1) is 12.3 Å². The minimum Gasteiger partial charge on any atom is -0.381 e. The van der Waals surface area contributed by atoms with E-state index in [1.807, 2.05) is 0 Å². The van der Waals surface area contributed by atoms with Gasteiger partial charge >= 0.3 is 0 Å². The molecule has 1 aliphatic carbocycles. The summed E-state index contributed by atoms with van der Waals surface area (Å²) < 4.78 is 5.83. The molecule has 1 atom stereocenters. The van der Waals surface area contributed by atoms with Crippen molar-refractivity contribution in [1.29, 1.82) is 0 Å². The van der Waals surface area contributed by atoms with Gasteiger partial charge in [-0.2, -0.15) is 0 Å². The summed E-state index contributed by atoms with van der Waals surface area (Å²) >= 11 is 0. The van der Waals surface area contributed by atoms with Crippen molar-refractivity contribution in [3.8, 4) is 0 Å². The van der Waals surface area contributed by atoms with Crippen molar-refractivity contribution in [3.63, 3.8) is 0 Å². The SMILES string of the molecule is CCCCCCCCCCCCCCCCCCOCC1[C]CCCC1. The first-order valence-electron chi connectivity index (χ1n) is 12.2. The summed E-state index contributed by atoms with van der Waals surface area (Å²) in [5, 5.41) is 0. The Labute approximate surface area is 166 Å². The van der Waals surface area contributed by atoms with E-state index in [1.165, 1.54) is 128 Å². The summed E-state index contributed by atoms with van der Waals surface area (Å²) in [6.45, 7) is 4.19. The van der Waals surface area contributed by atoms with Crippen molar-refractivity contribution in [2.24, 2.45) is 5.92 Å². The van der Waals surface area contributed by atoms with E-state index in [0.717, 1.165) is 13.2 Å². The summed E-state index contributed by atoms with van der Waals surface area (Å²) in [4.78, 5) is 0. The van der Waals surface area contributed by atoms with Gasteiger partial charge in [0.25, 0.3) is 0 Å². The zero-order valence-electron chi connectivity index (χ0n) is 18.0. The van der Waals surface area contributed by atoms with E-state index < -0.39 is 0 Å². The normalized spacial score (nSPS) is 15.6. The minimum absolute atomic E-state index is 0.629. The van der Waals surface area contributed by atoms with E-state index in [1.54, 1.807) is 0 Å². The molecule has 26 heavy (non-hydrogen) atoms. The van der Waals surface area contributed by atoms with Crippen LogP contribution in [0.5, 0.6) is 0 Å². The standard InChI is InChI=1S/C25H48O/c1-2-3-4-5-6-7-8-9-10-11-12-13-14-15-16-20-23-26-24-25-21-18-17-19-22-25/h25H,2-21,23-24H2,1H3. The molecule has 154 valence electrons. The van der Waals surface area contributed by atoms with Crippen molar-refractivity contribution in [2.45, 2.75) is 135 Å². The molecule has 0 heterocycles. The second-order valence-electron chi connectivity index (χ2n) is 8.53. The second-order valence-corrected chi connectivity index (χ2v) is 8.53. The zero-order chi connectivity index (χ0) is 18.5. The van der Waals surface area contributed by atoms with Crippen molar-refractivity contribution < 1.29 is 4.74 Å². The fourth-order valence-electron chi connectivity index (χ4n) is 4.04. The fraction of sp³-hybridized carbons (Fsp3) is 0.960. The lowest BCUT2D eigenvalue weighted by Crippen LogP contribution is -2.14. The van der Waals surface area contributed by atoms with Gasteiger partial charge in [0.1, 0.15) is 0 Å². The van der Waals surface area contributed by atoms with Gasteiger partial charge in [-0.25, -0.2) is 0 Å². The van der Waals surface area contributed by atoms with Crippen LogP contribution in [-0.2, 0) is 4.74 Å². The van der Waals surface area contributed by atoms with E-state index in [-0.39, 0.29) is 0 Å². The number of rotatable bonds is 19. The molecule has 1 heteroatoms. The van der Waals surface area contributed by atoms with Gasteiger partial charge in [-0.05, 0) is 31.6 Å². The summed E-state index contributed by atoms with van der Waals surface area (Å²) in [5.74, 6) is 0.629. The van der Waals surface area contributed by atoms with Crippen LogP contribution in [0.3, 0.4) is 0 Å². The van der Waals surface area contributed by atoms with Gasteiger partial charge in [0.2, 0.25) is 0 Å². The molecular weight excluding hydrogens is 316 g/mol. The molecule has 1 saturated carbocycles. The van der Waals surface area contributed by atoms with Crippen molar-refractivity contribution in [2.75, 3.05) is 13.2 Å². The van der Waals surface area contributed by atoms with E-state index in [4.69, 9.17) is 4.74 Å². The smallest absolute Gasteiger partial charge is 0.0500 e. The number of hydrogen-bond acceptors (Lipinski definition) is 1. The number of unbranched alkanes of at least 4 members (excludes halogenated alkanes) is 15. The summed E-state index contributed by atoms with van der Waals surface area (Å²) in [6.07, 6.45) is 31.7. The van der Waals surface area contributed by atoms with Gasteiger partial charge in [0.05, 0.1) is 0 Å². The average Bonchev–Trinajstić information content (AvgIpc) is 2.68.